The standard InChI is InChI=1S/C21H25N3O5S/c1-6-9-30-21-23-18-17(19(25)24-21)16(15(11(2)22-18)20(26)29-5)12-7-8-13(27-3)14(10-12)28-4/h7-8,10,16H,6,9H2,1-5H3,(H2,22,23,24,25)/t16-/m1/s1. The summed E-state index contributed by atoms with van der Waals surface area (Å²) in [6, 6.07) is 5.30. The Morgan fingerprint density at radius 3 is 2.57 bits per heavy atom. The molecule has 0 radical (unpaired) electrons. The second kappa shape index (κ2) is 9.25. The third-order valence-corrected chi connectivity index (χ3v) is 5.89. The van der Waals surface area contributed by atoms with Crippen molar-refractivity contribution in [3.63, 3.8) is 0 Å². The van der Waals surface area contributed by atoms with E-state index in [1.807, 2.05) is 0 Å². The molecule has 160 valence electrons. The number of nitrogens with one attached hydrogen (secondary N) is 2. The van der Waals surface area contributed by atoms with Crippen LogP contribution in [-0.2, 0) is 9.53 Å². The van der Waals surface area contributed by atoms with E-state index in [1.54, 1.807) is 32.2 Å². The van der Waals surface area contributed by atoms with Crippen LogP contribution >= 0.6 is 11.8 Å². The van der Waals surface area contributed by atoms with Crippen LogP contribution in [0.25, 0.3) is 0 Å². The van der Waals surface area contributed by atoms with Crippen LogP contribution in [0.3, 0.4) is 0 Å². The number of rotatable bonds is 7. The van der Waals surface area contributed by atoms with Crippen molar-refractivity contribution >= 4 is 23.5 Å². The highest BCUT2D eigenvalue weighted by Crippen LogP contribution is 2.42. The zero-order chi connectivity index (χ0) is 21.8. The molecule has 1 aliphatic heterocycles. The van der Waals surface area contributed by atoms with Crippen molar-refractivity contribution < 1.29 is 19.0 Å². The Bertz CT molecular complexity index is 1050. The first-order valence-electron chi connectivity index (χ1n) is 9.50. The predicted octanol–water partition coefficient (Wildman–Crippen LogP) is 3.29. The second-order valence-electron chi connectivity index (χ2n) is 6.68. The number of fused-ring (bicyclic) bond motifs is 1. The van der Waals surface area contributed by atoms with E-state index < -0.39 is 11.9 Å². The van der Waals surface area contributed by atoms with Gasteiger partial charge in [0.15, 0.2) is 16.7 Å². The van der Waals surface area contributed by atoms with Crippen molar-refractivity contribution in [1.29, 1.82) is 0 Å². The number of aromatic amines is 1. The van der Waals surface area contributed by atoms with Crippen LogP contribution in [0.5, 0.6) is 11.5 Å². The first-order valence-corrected chi connectivity index (χ1v) is 10.5. The van der Waals surface area contributed by atoms with Crippen molar-refractivity contribution in [2.45, 2.75) is 31.3 Å². The fourth-order valence-corrected chi connectivity index (χ4v) is 4.16. The van der Waals surface area contributed by atoms with Gasteiger partial charge >= 0.3 is 5.97 Å². The molecule has 0 unspecified atom stereocenters. The highest BCUT2D eigenvalue weighted by molar-refractivity contribution is 7.99. The summed E-state index contributed by atoms with van der Waals surface area (Å²) in [5.74, 6) is 1.13. The third-order valence-electron chi connectivity index (χ3n) is 4.81. The molecule has 8 nitrogen and oxygen atoms in total. The van der Waals surface area contributed by atoms with Gasteiger partial charge in [0.25, 0.3) is 5.56 Å². The quantitative estimate of drug-likeness (QED) is 0.391. The zero-order valence-corrected chi connectivity index (χ0v) is 18.4. The van der Waals surface area contributed by atoms with Gasteiger partial charge in [-0.05, 0) is 31.0 Å². The Hall–Kier alpha value is -2.94. The largest absolute Gasteiger partial charge is 0.493 e. The van der Waals surface area contributed by atoms with E-state index in [-0.39, 0.29) is 5.56 Å². The Labute approximate surface area is 179 Å². The lowest BCUT2D eigenvalue weighted by molar-refractivity contribution is -0.136. The lowest BCUT2D eigenvalue weighted by Gasteiger charge is -2.29. The molecular weight excluding hydrogens is 406 g/mol. The molecule has 0 aliphatic carbocycles. The normalized spacial score (nSPS) is 15.3. The van der Waals surface area contributed by atoms with Gasteiger partial charge in [0, 0.05) is 11.4 Å². The maximum atomic E-state index is 13.1. The number of carbonyl (C=O) groups excluding carboxylic acids is 1. The number of esters is 1. The monoisotopic (exact) mass is 431 g/mol. The molecule has 9 heteroatoms. The molecule has 30 heavy (non-hydrogen) atoms. The molecule has 1 aliphatic rings. The highest BCUT2D eigenvalue weighted by Gasteiger charge is 2.36. The number of H-pyrrole nitrogens is 1. The van der Waals surface area contributed by atoms with Crippen LogP contribution in [0.2, 0.25) is 0 Å². The van der Waals surface area contributed by atoms with Gasteiger partial charge in [-0.15, -0.1) is 0 Å². The summed E-state index contributed by atoms with van der Waals surface area (Å²) >= 11 is 1.48. The molecule has 0 spiro atoms. The molecule has 0 saturated carbocycles. The van der Waals surface area contributed by atoms with E-state index in [2.05, 4.69) is 22.2 Å². The van der Waals surface area contributed by atoms with Crippen LogP contribution in [0.15, 0.2) is 39.4 Å². The molecule has 1 atom stereocenters. The van der Waals surface area contributed by atoms with Crippen LogP contribution < -0.4 is 20.3 Å². The number of hydrogen-bond donors (Lipinski definition) is 2. The van der Waals surface area contributed by atoms with Crippen molar-refractivity contribution in [3.8, 4) is 11.5 Å². The molecule has 3 rings (SSSR count). The molecule has 2 N–H and O–H groups in total. The van der Waals surface area contributed by atoms with Gasteiger partial charge in [0.1, 0.15) is 5.82 Å². The van der Waals surface area contributed by atoms with Crippen LogP contribution in [0, 0.1) is 0 Å². The summed E-state index contributed by atoms with van der Waals surface area (Å²) in [5.41, 5.74) is 1.67. The van der Waals surface area contributed by atoms with Crippen molar-refractivity contribution in [2.24, 2.45) is 0 Å². The van der Waals surface area contributed by atoms with Gasteiger partial charge in [-0.3, -0.25) is 4.79 Å². The molecule has 0 bridgehead atoms. The van der Waals surface area contributed by atoms with Gasteiger partial charge < -0.3 is 24.5 Å². The number of aromatic nitrogens is 2. The number of carbonyl (C=O) groups is 1. The second-order valence-corrected chi connectivity index (χ2v) is 7.77. The molecule has 2 aromatic rings. The number of hydrogen-bond acceptors (Lipinski definition) is 8. The maximum Gasteiger partial charge on any atom is 0.336 e. The minimum absolute atomic E-state index is 0.306. The van der Waals surface area contributed by atoms with Crippen LogP contribution in [0.4, 0.5) is 5.82 Å². The van der Waals surface area contributed by atoms with E-state index in [0.717, 1.165) is 12.2 Å². The summed E-state index contributed by atoms with van der Waals surface area (Å²) in [5, 5.41) is 3.65. The molecule has 0 fully saturated rings. The summed E-state index contributed by atoms with van der Waals surface area (Å²) in [6.07, 6.45) is 0.957. The SMILES string of the molecule is CCCSc1nc2c(c(=O)[nH]1)[C@H](c1ccc(OC)c(OC)c1)C(C(=O)OC)=C(C)N2. The Kier molecular flexibility index (Phi) is 6.71. The molecule has 1 aromatic heterocycles. The van der Waals surface area contributed by atoms with Crippen molar-refractivity contribution in [3.05, 3.63) is 50.9 Å². The Balaban J connectivity index is 2.23. The lowest BCUT2D eigenvalue weighted by atomic mass is 9.82. The maximum absolute atomic E-state index is 13.1. The number of thioether (sulfide) groups is 1. The molecule has 0 amide bonds. The van der Waals surface area contributed by atoms with E-state index in [9.17, 15) is 9.59 Å². The van der Waals surface area contributed by atoms with E-state index >= 15 is 0 Å². The first kappa shape index (κ1) is 21.8. The highest BCUT2D eigenvalue weighted by atomic mass is 32.2. The smallest absolute Gasteiger partial charge is 0.336 e. The van der Waals surface area contributed by atoms with E-state index in [4.69, 9.17) is 14.2 Å². The lowest BCUT2D eigenvalue weighted by Crippen LogP contribution is -2.31. The number of nitrogens with zero attached hydrogens (tertiary/aromatic N) is 1. The third kappa shape index (κ3) is 4.02. The topological polar surface area (TPSA) is 103 Å². The van der Waals surface area contributed by atoms with E-state index in [0.29, 0.717) is 44.9 Å². The minimum atomic E-state index is -0.671. The van der Waals surface area contributed by atoms with Crippen molar-refractivity contribution in [2.75, 3.05) is 32.4 Å². The molecule has 1 aromatic carbocycles. The molecule has 0 saturated heterocycles. The van der Waals surface area contributed by atoms with Crippen molar-refractivity contribution in [1.82, 2.24) is 9.97 Å². The summed E-state index contributed by atoms with van der Waals surface area (Å²) in [6.45, 7) is 3.83. The predicted molar refractivity (Wildman–Crippen MR) is 116 cm³/mol. The van der Waals surface area contributed by atoms with Gasteiger partial charge in [-0.25, -0.2) is 9.78 Å². The average molecular weight is 432 g/mol. The minimum Gasteiger partial charge on any atom is -0.493 e. The van der Waals surface area contributed by atoms with Gasteiger partial charge in [-0.1, -0.05) is 24.8 Å². The molecular formula is C21H25N3O5S. The Morgan fingerprint density at radius 1 is 1.20 bits per heavy atom. The fraction of sp³-hybridized carbons (Fsp3) is 0.381. The zero-order valence-electron chi connectivity index (χ0n) is 17.6. The fourth-order valence-electron chi connectivity index (χ4n) is 3.44. The summed E-state index contributed by atoms with van der Waals surface area (Å²) < 4.78 is 15.8. The van der Waals surface area contributed by atoms with Crippen LogP contribution in [0.1, 0.15) is 37.3 Å². The van der Waals surface area contributed by atoms with Crippen LogP contribution in [-0.4, -0.2) is 43.0 Å². The molecule has 2 heterocycles. The number of ether oxygens (including phenoxy) is 3. The summed E-state index contributed by atoms with van der Waals surface area (Å²) in [7, 11) is 4.40. The summed E-state index contributed by atoms with van der Waals surface area (Å²) in [4.78, 5) is 33.2. The van der Waals surface area contributed by atoms with Gasteiger partial charge in [-0.2, -0.15) is 0 Å². The van der Waals surface area contributed by atoms with Gasteiger partial charge in [0.05, 0.1) is 38.4 Å². The number of benzene rings is 1. The van der Waals surface area contributed by atoms with Gasteiger partial charge in [0.2, 0.25) is 0 Å². The average Bonchev–Trinajstić information content (AvgIpc) is 2.75. The first-order chi connectivity index (χ1) is 14.4. The Morgan fingerprint density at radius 2 is 1.93 bits per heavy atom. The number of methoxy groups -OCH3 is 3. The van der Waals surface area contributed by atoms with E-state index in [1.165, 1.54) is 26.0 Å². The number of allylic oxidation sites excluding steroid dienone is 1. The number of anilines is 1.